The van der Waals surface area contributed by atoms with Crippen molar-refractivity contribution in [2.75, 3.05) is 13.2 Å². The lowest BCUT2D eigenvalue weighted by Crippen LogP contribution is -2.36. The third-order valence-electron chi connectivity index (χ3n) is 2.46. The van der Waals surface area contributed by atoms with Crippen LogP contribution in [0.1, 0.15) is 32.6 Å². The van der Waals surface area contributed by atoms with E-state index in [0.29, 0.717) is 12.8 Å². The second-order valence-corrected chi connectivity index (χ2v) is 5.62. The maximum absolute atomic E-state index is 11.6. The van der Waals surface area contributed by atoms with Crippen LogP contribution in [0.15, 0.2) is 0 Å². The number of hydrogen-bond acceptors (Lipinski definition) is 4. The topological polar surface area (TPSA) is 72.5 Å². The zero-order chi connectivity index (χ0) is 11.3. The summed E-state index contributed by atoms with van der Waals surface area (Å²) in [6.07, 6.45) is 3.28. The lowest BCUT2D eigenvalue weighted by molar-refractivity contribution is -0.141. The van der Waals surface area contributed by atoms with Crippen molar-refractivity contribution in [3.63, 3.8) is 0 Å². The van der Waals surface area contributed by atoms with Gasteiger partial charge in [0.15, 0.2) is 0 Å². The Morgan fingerprint density at radius 2 is 2.00 bits per heavy atom. The minimum Gasteiger partial charge on any atom is -0.465 e. The number of esters is 1. The molecule has 5 nitrogen and oxygen atoms in total. The summed E-state index contributed by atoms with van der Waals surface area (Å²) in [5.74, 6) is -0.529. The predicted molar refractivity (Wildman–Crippen MR) is 55.8 cm³/mol. The molecule has 0 aromatic heterocycles. The molecule has 0 saturated heterocycles. The van der Waals surface area contributed by atoms with E-state index in [-0.39, 0.29) is 18.4 Å². The summed E-state index contributed by atoms with van der Waals surface area (Å²) in [4.78, 5) is 11.0. The summed E-state index contributed by atoms with van der Waals surface area (Å²) >= 11 is 0. The van der Waals surface area contributed by atoms with E-state index in [1.807, 2.05) is 0 Å². The minimum absolute atomic E-state index is 0.257. The highest BCUT2D eigenvalue weighted by molar-refractivity contribution is 7.90. The van der Waals surface area contributed by atoms with Crippen molar-refractivity contribution in [2.24, 2.45) is 0 Å². The summed E-state index contributed by atoms with van der Waals surface area (Å²) in [5.41, 5.74) is 0. The second-order valence-electron chi connectivity index (χ2n) is 3.58. The van der Waals surface area contributed by atoms with Crippen molar-refractivity contribution in [1.82, 2.24) is 4.72 Å². The van der Waals surface area contributed by atoms with E-state index >= 15 is 0 Å². The van der Waals surface area contributed by atoms with E-state index in [1.54, 1.807) is 6.92 Å². The molecule has 15 heavy (non-hydrogen) atoms. The van der Waals surface area contributed by atoms with E-state index in [1.165, 1.54) is 0 Å². The SMILES string of the molecule is CCOC(=O)CNS(=O)(=O)C1CCCC1. The maximum atomic E-state index is 11.6. The Morgan fingerprint density at radius 1 is 1.40 bits per heavy atom. The van der Waals surface area contributed by atoms with Gasteiger partial charge in [-0.1, -0.05) is 12.8 Å². The number of rotatable bonds is 5. The second kappa shape index (κ2) is 5.46. The Balaban J connectivity index is 2.39. The molecular formula is C9H17NO4S. The highest BCUT2D eigenvalue weighted by atomic mass is 32.2. The van der Waals surface area contributed by atoms with Gasteiger partial charge in [0.1, 0.15) is 6.54 Å². The first-order valence-corrected chi connectivity index (χ1v) is 6.75. The quantitative estimate of drug-likeness (QED) is 0.701. The first-order chi connectivity index (χ1) is 7.06. The molecular weight excluding hydrogens is 218 g/mol. The standard InChI is InChI=1S/C9H17NO4S/c1-2-14-9(11)7-10-15(12,13)8-5-3-4-6-8/h8,10H,2-7H2,1H3. The average molecular weight is 235 g/mol. The van der Waals surface area contributed by atoms with E-state index in [4.69, 9.17) is 0 Å². The van der Waals surface area contributed by atoms with E-state index in [0.717, 1.165) is 12.8 Å². The molecule has 1 saturated carbocycles. The van der Waals surface area contributed by atoms with Crippen molar-refractivity contribution in [3.05, 3.63) is 0 Å². The summed E-state index contributed by atoms with van der Waals surface area (Å²) in [6.45, 7) is 1.69. The van der Waals surface area contributed by atoms with Crippen molar-refractivity contribution in [3.8, 4) is 0 Å². The van der Waals surface area contributed by atoms with Gasteiger partial charge in [0.25, 0.3) is 0 Å². The first kappa shape index (κ1) is 12.4. The zero-order valence-corrected chi connectivity index (χ0v) is 9.68. The molecule has 0 spiro atoms. The van der Waals surface area contributed by atoms with Crippen molar-refractivity contribution >= 4 is 16.0 Å². The Kier molecular flexibility index (Phi) is 4.53. The van der Waals surface area contributed by atoms with Gasteiger partial charge in [0, 0.05) is 0 Å². The van der Waals surface area contributed by atoms with Gasteiger partial charge in [-0.05, 0) is 19.8 Å². The third-order valence-corrected chi connectivity index (χ3v) is 4.36. The Morgan fingerprint density at radius 3 is 2.53 bits per heavy atom. The number of carbonyl (C=O) groups excluding carboxylic acids is 1. The third kappa shape index (κ3) is 3.79. The lowest BCUT2D eigenvalue weighted by atomic mass is 10.4. The van der Waals surface area contributed by atoms with Crippen LogP contribution in [0.5, 0.6) is 0 Å². The van der Waals surface area contributed by atoms with Crippen molar-refractivity contribution < 1.29 is 17.9 Å². The molecule has 0 aliphatic heterocycles. The summed E-state index contributed by atoms with van der Waals surface area (Å²) in [6, 6.07) is 0. The Labute approximate surface area is 90.2 Å². The molecule has 0 aromatic carbocycles. The van der Waals surface area contributed by atoms with Crippen LogP contribution >= 0.6 is 0 Å². The lowest BCUT2D eigenvalue weighted by Gasteiger charge is -2.11. The molecule has 0 bridgehead atoms. The van der Waals surface area contributed by atoms with Crippen LogP contribution in [-0.4, -0.2) is 32.8 Å². The number of sulfonamides is 1. The first-order valence-electron chi connectivity index (χ1n) is 5.20. The molecule has 1 fully saturated rings. The minimum atomic E-state index is -3.32. The Hall–Kier alpha value is -0.620. The normalized spacial score (nSPS) is 17.9. The van der Waals surface area contributed by atoms with Gasteiger partial charge < -0.3 is 4.74 Å². The largest absolute Gasteiger partial charge is 0.465 e. The molecule has 1 rings (SSSR count). The fraction of sp³-hybridized carbons (Fsp3) is 0.889. The molecule has 0 aromatic rings. The van der Waals surface area contributed by atoms with E-state index < -0.39 is 16.0 Å². The van der Waals surface area contributed by atoms with Gasteiger partial charge in [-0.15, -0.1) is 0 Å². The monoisotopic (exact) mass is 235 g/mol. The molecule has 0 atom stereocenters. The van der Waals surface area contributed by atoms with Crippen LogP contribution in [0, 0.1) is 0 Å². The predicted octanol–water partition coefficient (Wildman–Crippen LogP) is 0.411. The smallest absolute Gasteiger partial charge is 0.320 e. The molecule has 1 aliphatic carbocycles. The number of nitrogens with one attached hydrogen (secondary N) is 1. The van der Waals surface area contributed by atoms with Crippen LogP contribution in [-0.2, 0) is 19.6 Å². The van der Waals surface area contributed by atoms with Crippen LogP contribution in [0.25, 0.3) is 0 Å². The van der Waals surface area contributed by atoms with Crippen molar-refractivity contribution in [2.45, 2.75) is 37.9 Å². The van der Waals surface area contributed by atoms with Crippen LogP contribution < -0.4 is 4.72 Å². The fourth-order valence-corrected chi connectivity index (χ4v) is 3.20. The Bertz CT molecular complexity index is 306. The highest BCUT2D eigenvalue weighted by Crippen LogP contribution is 2.23. The molecule has 0 amide bonds. The van der Waals surface area contributed by atoms with Gasteiger partial charge in [-0.2, -0.15) is 0 Å². The van der Waals surface area contributed by atoms with Gasteiger partial charge in [-0.25, -0.2) is 13.1 Å². The van der Waals surface area contributed by atoms with Gasteiger partial charge in [0.05, 0.1) is 11.9 Å². The fourth-order valence-electron chi connectivity index (χ4n) is 1.69. The molecule has 0 unspecified atom stereocenters. The van der Waals surface area contributed by atoms with Gasteiger partial charge in [-0.3, -0.25) is 4.79 Å². The number of ether oxygens (including phenoxy) is 1. The molecule has 6 heteroatoms. The molecule has 0 radical (unpaired) electrons. The summed E-state index contributed by atoms with van der Waals surface area (Å²) in [7, 11) is -3.32. The van der Waals surface area contributed by atoms with E-state index in [9.17, 15) is 13.2 Å². The molecule has 0 heterocycles. The van der Waals surface area contributed by atoms with E-state index in [2.05, 4.69) is 9.46 Å². The maximum Gasteiger partial charge on any atom is 0.320 e. The van der Waals surface area contributed by atoms with Gasteiger partial charge >= 0.3 is 5.97 Å². The summed E-state index contributed by atoms with van der Waals surface area (Å²) in [5, 5.41) is -0.327. The average Bonchev–Trinajstić information content (AvgIpc) is 2.69. The number of hydrogen-bond donors (Lipinski definition) is 1. The van der Waals surface area contributed by atoms with Crippen LogP contribution in [0.4, 0.5) is 0 Å². The zero-order valence-electron chi connectivity index (χ0n) is 8.86. The molecule has 1 N–H and O–H groups in total. The van der Waals surface area contributed by atoms with Crippen LogP contribution in [0.2, 0.25) is 0 Å². The molecule has 1 aliphatic rings. The van der Waals surface area contributed by atoms with Gasteiger partial charge in [0.2, 0.25) is 10.0 Å². The van der Waals surface area contributed by atoms with Crippen molar-refractivity contribution in [1.29, 1.82) is 0 Å². The summed E-state index contributed by atoms with van der Waals surface area (Å²) < 4.78 is 30.2. The number of carbonyl (C=O) groups is 1. The molecule has 88 valence electrons. The van der Waals surface area contributed by atoms with Crippen LogP contribution in [0.3, 0.4) is 0 Å². The highest BCUT2D eigenvalue weighted by Gasteiger charge is 2.28.